The Morgan fingerprint density at radius 3 is 2.92 bits per heavy atom. The number of rotatable bonds is 1. The lowest BCUT2D eigenvalue weighted by Crippen LogP contribution is -2.44. The predicted molar refractivity (Wildman–Crippen MR) is 88.8 cm³/mol. The molecule has 5 nitrogen and oxygen atoms in total. The predicted octanol–water partition coefficient (Wildman–Crippen LogP) is 4.22. The van der Waals surface area contributed by atoms with E-state index in [0.29, 0.717) is 27.8 Å². The largest absolute Gasteiger partial charge is 0.323 e. The Bertz CT molecular complexity index is 832. The Kier molecular flexibility index (Phi) is 3.81. The fourth-order valence-corrected chi connectivity index (χ4v) is 3.84. The smallest absolute Gasteiger partial charge is 0.314 e. The van der Waals surface area contributed by atoms with E-state index in [4.69, 9.17) is 23.2 Å². The van der Waals surface area contributed by atoms with Crippen molar-refractivity contribution in [3.63, 3.8) is 0 Å². The molecule has 1 fully saturated rings. The van der Waals surface area contributed by atoms with E-state index in [1.807, 2.05) is 0 Å². The minimum Gasteiger partial charge on any atom is -0.314 e. The monoisotopic (exact) mass is 366 g/mol. The van der Waals surface area contributed by atoms with Gasteiger partial charge < -0.3 is 4.90 Å². The van der Waals surface area contributed by atoms with E-state index in [1.54, 1.807) is 11.0 Å². The number of pyridine rings is 2. The van der Waals surface area contributed by atoms with Crippen LogP contribution in [0.4, 0.5) is 15.0 Å². The Balaban J connectivity index is 1.61. The maximum Gasteiger partial charge on any atom is 0.323 e. The normalized spacial score (nSPS) is 21.5. The third kappa shape index (κ3) is 2.50. The van der Waals surface area contributed by atoms with Crippen LogP contribution in [0.15, 0.2) is 24.5 Å². The van der Waals surface area contributed by atoms with Gasteiger partial charge in [0.1, 0.15) is 5.82 Å². The summed E-state index contributed by atoms with van der Waals surface area (Å²) in [6, 6.07) is 2.85. The number of halogens is 3. The summed E-state index contributed by atoms with van der Waals surface area (Å²) < 4.78 is 13.9. The van der Waals surface area contributed by atoms with Crippen LogP contribution >= 0.6 is 23.2 Å². The van der Waals surface area contributed by atoms with E-state index in [1.165, 1.54) is 18.5 Å². The Morgan fingerprint density at radius 2 is 2.12 bits per heavy atom. The SMILES string of the molecule is O=C(Nc1cc(Cl)c(Cl)cn1)N1[C@H]2CC[C@@H]1c1ccnc(F)c1C2. The van der Waals surface area contributed by atoms with Gasteiger partial charge in [0.15, 0.2) is 0 Å². The molecule has 4 rings (SSSR count). The Hall–Kier alpha value is -1.92. The lowest BCUT2D eigenvalue weighted by Gasteiger charge is -2.36. The van der Waals surface area contributed by atoms with Gasteiger partial charge in [-0.2, -0.15) is 4.39 Å². The van der Waals surface area contributed by atoms with Gasteiger partial charge >= 0.3 is 6.03 Å². The first-order chi connectivity index (χ1) is 11.5. The number of nitrogens with one attached hydrogen (secondary N) is 1. The number of hydrogen-bond acceptors (Lipinski definition) is 3. The lowest BCUT2D eigenvalue weighted by atomic mass is 9.95. The van der Waals surface area contributed by atoms with Crippen LogP contribution in [0, 0.1) is 5.95 Å². The van der Waals surface area contributed by atoms with Gasteiger partial charge in [-0.25, -0.2) is 14.8 Å². The van der Waals surface area contributed by atoms with Gasteiger partial charge in [-0.3, -0.25) is 5.32 Å². The summed E-state index contributed by atoms with van der Waals surface area (Å²) in [5.41, 5.74) is 1.47. The van der Waals surface area contributed by atoms with Crippen molar-refractivity contribution in [2.24, 2.45) is 0 Å². The van der Waals surface area contributed by atoms with Gasteiger partial charge in [-0.15, -0.1) is 0 Å². The summed E-state index contributed by atoms with van der Waals surface area (Å²) in [6.45, 7) is 0. The number of anilines is 1. The van der Waals surface area contributed by atoms with Crippen LogP contribution in [0.2, 0.25) is 10.0 Å². The van der Waals surface area contributed by atoms with Crippen LogP contribution < -0.4 is 5.32 Å². The standard InChI is InChI=1S/C16H13Cl2FN4O/c17-11-6-14(21-7-12(11)18)22-16(24)23-8-1-2-13(23)9-3-4-20-15(19)10(9)5-8/h3-4,6-8,13H,1-2,5H2,(H,21,22,24)/t8-,13+/m0/s1. The molecule has 0 radical (unpaired) electrons. The van der Waals surface area contributed by atoms with Gasteiger partial charge in [0.05, 0.1) is 16.1 Å². The minimum absolute atomic E-state index is 0.0380. The molecule has 24 heavy (non-hydrogen) atoms. The van der Waals surface area contributed by atoms with E-state index in [0.717, 1.165) is 18.4 Å². The minimum atomic E-state index is -0.435. The highest BCUT2D eigenvalue weighted by molar-refractivity contribution is 6.42. The molecule has 2 aliphatic rings. The molecule has 2 aromatic rings. The van der Waals surface area contributed by atoms with Crippen LogP contribution in [0.5, 0.6) is 0 Å². The van der Waals surface area contributed by atoms with Crippen LogP contribution in [0.1, 0.15) is 30.0 Å². The van der Waals surface area contributed by atoms with Gasteiger partial charge in [-0.1, -0.05) is 23.2 Å². The molecule has 124 valence electrons. The molecule has 2 amide bonds. The van der Waals surface area contributed by atoms with E-state index in [9.17, 15) is 9.18 Å². The molecule has 2 aliphatic heterocycles. The van der Waals surface area contributed by atoms with Crippen LogP contribution in [-0.4, -0.2) is 26.9 Å². The van der Waals surface area contributed by atoms with Crippen molar-refractivity contribution in [3.05, 3.63) is 51.6 Å². The van der Waals surface area contributed by atoms with Crippen LogP contribution in [0.25, 0.3) is 0 Å². The van der Waals surface area contributed by atoms with Crippen molar-refractivity contribution >= 4 is 35.1 Å². The highest BCUT2D eigenvalue weighted by atomic mass is 35.5. The number of amides is 2. The van der Waals surface area contributed by atoms with E-state index >= 15 is 0 Å². The molecule has 0 unspecified atom stereocenters. The fraction of sp³-hybridized carbons (Fsp3) is 0.312. The molecule has 1 saturated heterocycles. The second-order valence-electron chi connectivity index (χ2n) is 5.94. The summed E-state index contributed by atoms with van der Waals surface area (Å²) >= 11 is 11.8. The molecule has 4 heterocycles. The number of hydrogen-bond donors (Lipinski definition) is 1. The highest BCUT2D eigenvalue weighted by Crippen LogP contribution is 2.44. The van der Waals surface area contributed by atoms with Crippen molar-refractivity contribution < 1.29 is 9.18 Å². The number of aromatic nitrogens is 2. The van der Waals surface area contributed by atoms with Crippen LogP contribution in [0.3, 0.4) is 0 Å². The second kappa shape index (κ2) is 5.86. The maximum atomic E-state index is 13.9. The van der Waals surface area contributed by atoms with Gasteiger partial charge in [0, 0.05) is 30.1 Å². The zero-order valence-corrected chi connectivity index (χ0v) is 14.0. The Morgan fingerprint density at radius 1 is 1.29 bits per heavy atom. The summed E-state index contributed by atoms with van der Waals surface area (Å²) in [7, 11) is 0. The molecule has 2 atom stereocenters. The van der Waals surface area contributed by atoms with Crippen molar-refractivity contribution in [3.8, 4) is 0 Å². The van der Waals surface area contributed by atoms with E-state index in [2.05, 4.69) is 15.3 Å². The molecular weight excluding hydrogens is 354 g/mol. The zero-order chi connectivity index (χ0) is 16.8. The summed E-state index contributed by atoms with van der Waals surface area (Å²) in [5.74, 6) is -0.101. The van der Waals surface area contributed by atoms with E-state index in [-0.39, 0.29) is 18.1 Å². The van der Waals surface area contributed by atoms with Crippen molar-refractivity contribution in [1.29, 1.82) is 0 Å². The third-order valence-corrected chi connectivity index (χ3v) is 5.33. The molecule has 0 aliphatic carbocycles. The van der Waals surface area contributed by atoms with Crippen molar-refractivity contribution in [2.45, 2.75) is 31.3 Å². The Labute approximate surface area is 147 Å². The molecule has 0 saturated carbocycles. The highest BCUT2D eigenvalue weighted by Gasteiger charge is 2.43. The molecule has 1 N–H and O–H groups in total. The zero-order valence-electron chi connectivity index (χ0n) is 12.5. The average Bonchev–Trinajstić information content (AvgIpc) is 2.87. The lowest BCUT2D eigenvalue weighted by molar-refractivity contribution is 0.178. The number of urea groups is 1. The molecular formula is C16H13Cl2FN4O. The first kappa shape index (κ1) is 15.6. The first-order valence-electron chi connectivity index (χ1n) is 7.58. The summed E-state index contributed by atoms with van der Waals surface area (Å²) in [6.07, 6.45) is 4.96. The van der Waals surface area contributed by atoms with Gasteiger partial charge in [-0.05, 0) is 30.9 Å². The maximum absolute atomic E-state index is 13.9. The van der Waals surface area contributed by atoms with E-state index < -0.39 is 5.95 Å². The number of fused-ring (bicyclic) bond motifs is 4. The number of carbonyl (C=O) groups excluding carboxylic acids is 1. The first-order valence-corrected chi connectivity index (χ1v) is 8.34. The topological polar surface area (TPSA) is 58.1 Å². The van der Waals surface area contributed by atoms with Gasteiger partial charge in [0.2, 0.25) is 5.95 Å². The number of nitrogens with zero attached hydrogens (tertiary/aromatic N) is 3. The fourth-order valence-electron chi connectivity index (χ4n) is 3.58. The molecule has 8 heteroatoms. The molecule has 0 aromatic carbocycles. The summed E-state index contributed by atoms with van der Waals surface area (Å²) in [4.78, 5) is 22.3. The average molecular weight is 367 g/mol. The molecule has 2 bridgehead atoms. The third-order valence-electron chi connectivity index (χ3n) is 4.62. The van der Waals surface area contributed by atoms with Crippen molar-refractivity contribution in [1.82, 2.24) is 14.9 Å². The molecule has 2 aromatic heterocycles. The number of carbonyl (C=O) groups is 1. The molecule has 0 spiro atoms. The van der Waals surface area contributed by atoms with Crippen LogP contribution in [-0.2, 0) is 6.42 Å². The van der Waals surface area contributed by atoms with Gasteiger partial charge in [0.25, 0.3) is 0 Å². The van der Waals surface area contributed by atoms with Crippen molar-refractivity contribution in [2.75, 3.05) is 5.32 Å². The summed E-state index contributed by atoms with van der Waals surface area (Å²) in [5, 5.41) is 3.39. The second-order valence-corrected chi connectivity index (χ2v) is 6.76. The quantitative estimate of drug-likeness (QED) is 0.768.